The second kappa shape index (κ2) is 5.57. The van der Waals surface area contributed by atoms with E-state index >= 15 is 0 Å². The number of rotatable bonds is 2. The molecule has 4 nitrogen and oxygen atoms in total. The van der Waals surface area contributed by atoms with Gasteiger partial charge in [-0.05, 0) is 34.2 Å². The van der Waals surface area contributed by atoms with Gasteiger partial charge in [0.1, 0.15) is 5.76 Å². The molecule has 3 rings (SSSR count). The van der Waals surface area contributed by atoms with Crippen molar-refractivity contribution in [3.63, 3.8) is 0 Å². The van der Waals surface area contributed by atoms with Crippen LogP contribution < -0.4 is 0 Å². The molecule has 0 fully saturated rings. The number of halogens is 1. The minimum Gasteiger partial charge on any atom is -0.477 e. The van der Waals surface area contributed by atoms with E-state index in [9.17, 15) is 9.59 Å². The van der Waals surface area contributed by atoms with Gasteiger partial charge in [-0.25, -0.2) is 4.79 Å². The lowest BCUT2D eigenvalue weighted by molar-refractivity contribution is -0.136. The van der Waals surface area contributed by atoms with Crippen molar-refractivity contribution < 1.29 is 19.1 Å². The maximum absolute atomic E-state index is 12.1. The predicted molar refractivity (Wildman–Crippen MR) is 85.0 cm³/mol. The zero-order valence-corrected chi connectivity index (χ0v) is 13.4. The van der Waals surface area contributed by atoms with Gasteiger partial charge in [-0.3, -0.25) is 4.79 Å². The van der Waals surface area contributed by atoms with Gasteiger partial charge in [0.25, 0.3) is 0 Å². The molecule has 0 bridgehead atoms. The summed E-state index contributed by atoms with van der Waals surface area (Å²) in [6.07, 6.45) is 5.14. The highest BCUT2D eigenvalue weighted by Crippen LogP contribution is 2.43. The highest BCUT2D eigenvalue weighted by atomic mass is 79.9. The second-order valence-corrected chi connectivity index (χ2v) is 5.94. The lowest BCUT2D eigenvalue weighted by atomic mass is 9.91. The Hall–Kier alpha value is -2.14. The van der Waals surface area contributed by atoms with E-state index in [1.54, 1.807) is 12.2 Å². The van der Waals surface area contributed by atoms with Gasteiger partial charge in [0.05, 0.1) is 17.2 Å². The third kappa shape index (κ3) is 2.52. The van der Waals surface area contributed by atoms with Crippen LogP contribution >= 0.6 is 15.9 Å². The Balaban J connectivity index is 2.04. The Labute approximate surface area is 136 Å². The molecule has 1 spiro atoms. The molecule has 112 valence electrons. The molecule has 1 heterocycles. The fraction of sp³-hybridized carbons (Fsp3) is 0.176. The second-order valence-electron chi connectivity index (χ2n) is 5.09. The van der Waals surface area contributed by atoms with Crippen LogP contribution in [0.1, 0.15) is 12.0 Å². The van der Waals surface area contributed by atoms with Gasteiger partial charge in [0.15, 0.2) is 11.4 Å². The van der Waals surface area contributed by atoms with E-state index in [-0.39, 0.29) is 5.78 Å². The van der Waals surface area contributed by atoms with E-state index in [1.165, 1.54) is 13.2 Å². The van der Waals surface area contributed by atoms with Gasteiger partial charge in [-0.2, -0.15) is 0 Å². The SMILES string of the molecule is COC(=O)C1=C(c2ccccc2)OC2(C=CC(=O)C(Br)=C2)C1. The largest absolute Gasteiger partial charge is 0.477 e. The van der Waals surface area contributed by atoms with Gasteiger partial charge in [-0.1, -0.05) is 30.3 Å². The molecule has 22 heavy (non-hydrogen) atoms. The summed E-state index contributed by atoms with van der Waals surface area (Å²) in [5.74, 6) is -0.0597. The number of methoxy groups -OCH3 is 1. The van der Waals surface area contributed by atoms with Gasteiger partial charge in [-0.15, -0.1) is 0 Å². The minimum absolute atomic E-state index is 0.123. The number of ketones is 1. The first-order valence-electron chi connectivity index (χ1n) is 6.72. The molecule has 0 saturated heterocycles. The number of esters is 1. The summed E-state index contributed by atoms with van der Waals surface area (Å²) in [6, 6.07) is 9.37. The maximum Gasteiger partial charge on any atom is 0.337 e. The standard InChI is InChI=1S/C17H13BrO4/c1-21-16(20)12-9-17(8-7-14(19)13(18)10-17)22-15(12)11-5-3-2-4-6-11/h2-8,10H,9H2,1H3. The number of carbonyl (C=O) groups is 2. The molecule has 1 atom stereocenters. The molecule has 1 aromatic carbocycles. The van der Waals surface area contributed by atoms with Crippen molar-refractivity contribution in [2.24, 2.45) is 0 Å². The Bertz CT molecular complexity index is 730. The van der Waals surface area contributed by atoms with Crippen molar-refractivity contribution in [2.75, 3.05) is 7.11 Å². The zero-order valence-electron chi connectivity index (χ0n) is 11.8. The molecule has 1 aromatic rings. The Morgan fingerprint density at radius 2 is 2.05 bits per heavy atom. The van der Waals surface area contributed by atoms with E-state index in [2.05, 4.69) is 15.9 Å². The molecule has 0 saturated carbocycles. The summed E-state index contributed by atoms with van der Waals surface area (Å²) in [5.41, 5.74) is 0.431. The van der Waals surface area contributed by atoms with Crippen molar-refractivity contribution in [1.82, 2.24) is 0 Å². The summed E-state index contributed by atoms with van der Waals surface area (Å²) >= 11 is 3.23. The lowest BCUT2D eigenvalue weighted by Gasteiger charge is -2.25. The number of ether oxygens (including phenoxy) is 2. The summed E-state index contributed by atoms with van der Waals surface area (Å²) < 4.78 is 11.4. The Kier molecular flexibility index (Phi) is 3.74. The van der Waals surface area contributed by atoms with Crippen LogP contribution in [0.2, 0.25) is 0 Å². The summed E-state index contributed by atoms with van der Waals surface area (Å²) in [5, 5.41) is 0. The zero-order chi connectivity index (χ0) is 15.7. The highest BCUT2D eigenvalue weighted by Gasteiger charge is 2.42. The summed E-state index contributed by atoms with van der Waals surface area (Å²) in [7, 11) is 1.34. The fourth-order valence-corrected chi connectivity index (χ4v) is 3.08. The van der Waals surface area contributed by atoms with E-state index in [4.69, 9.17) is 9.47 Å². The fourth-order valence-electron chi connectivity index (χ4n) is 2.56. The first kappa shape index (κ1) is 14.8. The highest BCUT2D eigenvalue weighted by molar-refractivity contribution is 9.12. The summed E-state index contributed by atoms with van der Waals surface area (Å²) in [4.78, 5) is 23.7. The first-order chi connectivity index (χ1) is 10.5. The van der Waals surface area contributed by atoms with Crippen LogP contribution in [0.5, 0.6) is 0 Å². The van der Waals surface area contributed by atoms with E-state index in [0.29, 0.717) is 22.2 Å². The van der Waals surface area contributed by atoms with Crippen LogP contribution in [0.4, 0.5) is 0 Å². The lowest BCUT2D eigenvalue weighted by Crippen LogP contribution is -2.27. The molecule has 1 aliphatic carbocycles. The van der Waals surface area contributed by atoms with Crippen LogP contribution in [0.3, 0.4) is 0 Å². The van der Waals surface area contributed by atoms with Crippen molar-refractivity contribution in [1.29, 1.82) is 0 Å². The molecule has 0 N–H and O–H groups in total. The Morgan fingerprint density at radius 3 is 2.68 bits per heavy atom. The van der Waals surface area contributed by atoms with Crippen LogP contribution in [-0.2, 0) is 19.1 Å². The van der Waals surface area contributed by atoms with Crippen LogP contribution in [-0.4, -0.2) is 24.5 Å². The van der Waals surface area contributed by atoms with Crippen molar-refractivity contribution >= 4 is 33.4 Å². The molecule has 0 aromatic heterocycles. The van der Waals surface area contributed by atoms with E-state index < -0.39 is 11.6 Å². The monoisotopic (exact) mass is 360 g/mol. The van der Waals surface area contributed by atoms with Gasteiger partial charge in [0, 0.05) is 12.0 Å². The van der Waals surface area contributed by atoms with E-state index in [0.717, 1.165) is 5.56 Å². The molecular weight excluding hydrogens is 348 g/mol. The van der Waals surface area contributed by atoms with Crippen molar-refractivity contribution in [2.45, 2.75) is 12.0 Å². The third-order valence-electron chi connectivity index (χ3n) is 3.61. The van der Waals surface area contributed by atoms with Gasteiger partial charge < -0.3 is 9.47 Å². The smallest absolute Gasteiger partial charge is 0.337 e. The molecule has 0 radical (unpaired) electrons. The predicted octanol–water partition coefficient (Wildman–Crippen LogP) is 3.15. The molecule has 1 aliphatic heterocycles. The Morgan fingerprint density at radius 1 is 1.32 bits per heavy atom. The van der Waals surface area contributed by atoms with Crippen molar-refractivity contribution in [3.05, 3.63) is 64.2 Å². The molecular formula is C17H13BrO4. The maximum atomic E-state index is 12.1. The number of hydrogen-bond acceptors (Lipinski definition) is 4. The number of benzene rings is 1. The van der Waals surface area contributed by atoms with E-state index in [1.807, 2.05) is 30.3 Å². The molecule has 1 unspecified atom stereocenters. The van der Waals surface area contributed by atoms with Crippen LogP contribution in [0, 0.1) is 0 Å². The number of carbonyl (C=O) groups excluding carboxylic acids is 2. The topological polar surface area (TPSA) is 52.6 Å². The number of allylic oxidation sites excluding steroid dienone is 2. The quantitative estimate of drug-likeness (QED) is 0.760. The molecule has 5 heteroatoms. The minimum atomic E-state index is -0.832. The normalized spacial score (nSPS) is 23.5. The van der Waals surface area contributed by atoms with Crippen LogP contribution in [0.15, 0.2) is 58.6 Å². The average molecular weight is 361 g/mol. The average Bonchev–Trinajstić information content (AvgIpc) is 2.91. The van der Waals surface area contributed by atoms with Crippen LogP contribution in [0.25, 0.3) is 5.76 Å². The third-order valence-corrected chi connectivity index (χ3v) is 4.23. The first-order valence-corrected chi connectivity index (χ1v) is 7.52. The number of hydrogen-bond donors (Lipinski definition) is 0. The molecule has 2 aliphatic rings. The van der Waals surface area contributed by atoms with Gasteiger partial charge >= 0.3 is 5.97 Å². The van der Waals surface area contributed by atoms with Crippen molar-refractivity contribution in [3.8, 4) is 0 Å². The van der Waals surface area contributed by atoms with Gasteiger partial charge in [0.2, 0.25) is 0 Å². The molecule has 0 amide bonds. The summed E-state index contributed by atoms with van der Waals surface area (Å²) in [6.45, 7) is 0.